The van der Waals surface area contributed by atoms with E-state index in [1.165, 1.54) is 22.3 Å². The van der Waals surface area contributed by atoms with Crippen molar-refractivity contribution >= 4 is 0 Å². The van der Waals surface area contributed by atoms with Crippen LogP contribution in [-0.2, 0) is 17.8 Å². The summed E-state index contributed by atoms with van der Waals surface area (Å²) in [7, 11) is 1.86. The Morgan fingerprint density at radius 2 is 2.11 bits per heavy atom. The summed E-state index contributed by atoms with van der Waals surface area (Å²) in [5, 5.41) is 0. The first-order chi connectivity index (χ1) is 9.13. The van der Waals surface area contributed by atoms with Gasteiger partial charge in [0, 0.05) is 6.54 Å². The van der Waals surface area contributed by atoms with Gasteiger partial charge in [0.25, 0.3) is 0 Å². The second-order valence-corrected chi connectivity index (χ2v) is 4.96. The minimum Gasteiger partial charge on any atom is -0.375 e. The predicted octanol–water partition coefficient (Wildman–Crippen LogP) is 2.74. The number of hydrazine groups is 1. The molecule has 0 atom stereocenters. The zero-order valence-corrected chi connectivity index (χ0v) is 12.4. The molecule has 0 amide bonds. The van der Waals surface area contributed by atoms with E-state index in [0.29, 0.717) is 13.2 Å². The van der Waals surface area contributed by atoms with Crippen LogP contribution in [0.4, 0.5) is 0 Å². The average molecular weight is 262 g/mol. The third kappa shape index (κ3) is 6.53. The van der Waals surface area contributed by atoms with Gasteiger partial charge >= 0.3 is 0 Å². The summed E-state index contributed by atoms with van der Waals surface area (Å²) in [5.74, 6) is 0. The molecule has 0 aromatic heterocycles. The van der Waals surface area contributed by atoms with Crippen molar-refractivity contribution in [2.75, 3.05) is 20.2 Å². The van der Waals surface area contributed by atoms with Crippen LogP contribution >= 0.6 is 0 Å². The molecule has 0 radical (unpaired) electrons. The van der Waals surface area contributed by atoms with Crippen LogP contribution in [0, 0.1) is 6.92 Å². The standard InChI is InChI=1S/C16H26N2O/c1-13(2)5-7-15-8-6-14(3)11-16(15)12-19-10-9-18-17-4/h6,8,11,17-18H,1,5,7,9-10,12H2,2-4H3. The molecule has 1 aromatic rings. The zero-order chi connectivity index (χ0) is 14.1. The number of rotatable bonds is 9. The number of hydrogen-bond donors (Lipinski definition) is 2. The van der Waals surface area contributed by atoms with E-state index < -0.39 is 0 Å². The van der Waals surface area contributed by atoms with Crippen LogP contribution in [0.1, 0.15) is 30.0 Å². The van der Waals surface area contributed by atoms with Gasteiger partial charge in [-0.05, 0) is 44.9 Å². The number of nitrogens with one attached hydrogen (secondary N) is 2. The van der Waals surface area contributed by atoms with Crippen LogP contribution in [0.3, 0.4) is 0 Å². The maximum absolute atomic E-state index is 5.70. The Labute approximate surface area is 117 Å². The van der Waals surface area contributed by atoms with Crippen molar-refractivity contribution in [3.63, 3.8) is 0 Å². The van der Waals surface area contributed by atoms with Crippen molar-refractivity contribution in [1.82, 2.24) is 10.9 Å². The van der Waals surface area contributed by atoms with Gasteiger partial charge in [-0.1, -0.05) is 29.3 Å². The van der Waals surface area contributed by atoms with E-state index in [0.717, 1.165) is 19.4 Å². The highest BCUT2D eigenvalue weighted by molar-refractivity contribution is 5.31. The van der Waals surface area contributed by atoms with Crippen LogP contribution in [0.15, 0.2) is 30.4 Å². The second kappa shape index (κ2) is 8.86. The zero-order valence-electron chi connectivity index (χ0n) is 12.4. The first kappa shape index (κ1) is 15.9. The van der Waals surface area contributed by atoms with Crippen molar-refractivity contribution in [3.8, 4) is 0 Å². The maximum Gasteiger partial charge on any atom is 0.0720 e. The van der Waals surface area contributed by atoms with E-state index in [9.17, 15) is 0 Å². The smallest absolute Gasteiger partial charge is 0.0720 e. The Morgan fingerprint density at radius 1 is 1.32 bits per heavy atom. The van der Waals surface area contributed by atoms with E-state index >= 15 is 0 Å². The lowest BCUT2D eigenvalue weighted by Crippen LogP contribution is -2.30. The molecule has 0 saturated carbocycles. The average Bonchev–Trinajstić information content (AvgIpc) is 2.37. The third-order valence-corrected chi connectivity index (χ3v) is 2.99. The SMILES string of the molecule is C=C(C)CCc1ccc(C)cc1COCCNNC. The highest BCUT2D eigenvalue weighted by Crippen LogP contribution is 2.16. The molecule has 0 aliphatic carbocycles. The summed E-state index contributed by atoms with van der Waals surface area (Å²) in [6.45, 7) is 10.4. The van der Waals surface area contributed by atoms with Gasteiger partial charge in [-0.25, -0.2) is 0 Å². The van der Waals surface area contributed by atoms with Gasteiger partial charge in [-0.3, -0.25) is 10.9 Å². The molecule has 0 fully saturated rings. The molecule has 0 aliphatic rings. The van der Waals surface area contributed by atoms with E-state index in [1.807, 2.05) is 7.05 Å². The fourth-order valence-electron chi connectivity index (χ4n) is 1.91. The van der Waals surface area contributed by atoms with Crippen LogP contribution in [0.25, 0.3) is 0 Å². The normalized spacial score (nSPS) is 10.7. The fraction of sp³-hybridized carbons (Fsp3) is 0.500. The molecule has 0 heterocycles. The molecule has 0 unspecified atom stereocenters. The Hall–Kier alpha value is -1.16. The maximum atomic E-state index is 5.70. The van der Waals surface area contributed by atoms with Crippen molar-refractivity contribution in [3.05, 3.63) is 47.0 Å². The fourth-order valence-corrected chi connectivity index (χ4v) is 1.91. The number of hydrogen-bond acceptors (Lipinski definition) is 3. The van der Waals surface area contributed by atoms with E-state index in [4.69, 9.17) is 4.74 Å². The third-order valence-electron chi connectivity index (χ3n) is 2.99. The molecule has 0 saturated heterocycles. The van der Waals surface area contributed by atoms with Gasteiger partial charge in [-0.15, -0.1) is 6.58 Å². The Morgan fingerprint density at radius 3 is 2.79 bits per heavy atom. The van der Waals surface area contributed by atoms with Gasteiger partial charge in [0.1, 0.15) is 0 Å². The Kier molecular flexibility index (Phi) is 7.41. The first-order valence-electron chi connectivity index (χ1n) is 6.83. The predicted molar refractivity (Wildman–Crippen MR) is 81.0 cm³/mol. The molecule has 3 nitrogen and oxygen atoms in total. The van der Waals surface area contributed by atoms with Crippen LogP contribution in [0.5, 0.6) is 0 Å². The summed E-state index contributed by atoms with van der Waals surface area (Å²) < 4.78 is 5.70. The summed E-state index contributed by atoms with van der Waals surface area (Å²) in [4.78, 5) is 0. The molecule has 19 heavy (non-hydrogen) atoms. The lowest BCUT2D eigenvalue weighted by molar-refractivity contribution is 0.120. The van der Waals surface area contributed by atoms with E-state index in [-0.39, 0.29) is 0 Å². The molecular weight excluding hydrogens is 236 g/mol. The van der Waals surface area contributed by atoms with Crippen LogP contribution in [0.2, 0.25) is 0 Å². The molecule has 106 valence electrons. The highest BCUT2D eigenvalue weighted by atomic mass is 16.5. The van der Waals surface area contributed by atoms with Crippen molar-refractivity contribution in [2.24, 2.45) is 0 Å². The Bertz CT molecular complexity index is 402. The molecule has 0 spiro atoms. The van der Waals surface area contributed by atoms with Crippen molar-refractivity contribution in [1.29, 1.82) is 0 Å². The minimum absolute atomic E-state index is 0.679. The number of aryl methyl sites for hydroxylation is 2. The molecule has 1 rings (SSSR count). The quantitative estimate of drug-likeness (QED) is 0.408. The van der Waals surface area contributed by atoms with Gasteiger partial charge in [0.2, 0.25) is 0 Å². The van der Waals surface area contributed by atoms with Crippen molar-refractivity contribution < 1.29 is 4.74 Å². The number of allylic oxidation sites excluding steroid dienone is 1. The highest BCUT2D eigenvalue weighted by Gasteiger charge is 2.03. The van der Waals surface area contributed by atoms with Crippen LogP contribution in [-0.4, -0.2) is 20.2 Å². The number of ether oxygens (including phenoxy) is 1. The largest absolute Gasteiger partial charge is 0.375 e. The molecule has 2 N–H and O–H groups in total. The molecule has 0 aliphatic heterocycles. The summed E-state index contributed by atoms with van der Waals surface area (Å²) in [6.07, 6.45) is 2.08. The minimum atomic E-state index is 0.679. The van der Waals surface area contributed by atoms with Gasteiger partial charge in [0.15, 0.2) is 0 Å². The van der Waals surface area contributed by atoms with E-state index in [2.05, 4.69) is 49.5 Å². The van der Waals surface area contributed by atoms with Gasteiger partial charge in [0.05, 0.1) is 13.2 Å². The molecule has 0 bridgehead atoms. The Balaban J connectivity index is 2.53. The lowest BCUT2D eigenvalue weighted by Gasteiger charge is -2.12. The summed E-state index contributed by atoms with van der Waals surface area (Å²) >= 11 is 0. The van der Waals surface area contributed by atoms with Gasteiger partial charge in [-0.2, -0.15) is 0 Å². The molecular formula is C16H26N2O. The van der Waals surface area contributed by atoms with Crippen LogP contribution < -0.4 is 10.9 Å². The lowest BCUT2D eigenvalue weighted by atomic mass is 9.99. The van der Waals surface area contributed by atoms with Gasteiger partial charge < -0.3 is 4.74 Å². The first-order valence-corrected chi connectivity index (χ1v) is 6.83. The number of benzene rings is 1. The topological polar surface area (TPSA) is 33.3 Å². The summed E-state index contributed by atoms with van der Waals surface area (Å²) in [5.41, 5.74) is 11.1. The molecule has 1 aromatic carbocycles. The summed E-state index contributed by atoms with van der Waals surface area (Å²) in [6, 6.07) is 6.60. The second-order valence-electron chi connectivity index (χ2n) is 4.96. The van der Waals surface area contributed by atoms with E-state index in [1.54, 1.807) is 0 Å². The van der Waals surface area contributed by atoms with Crippen molar-refractivity contribution in [2.45, 2.75) is 33.3 Å². The monoisotopic (exact) mass is 262 g/mol. The molecule has 3 heteroatoms.